The largest absolute Gasteiger partial charge is 0.493 e. The van der Waals surface area contributed by atoms with Gasteiger partial charge in [-0.25, -0.2) is 5.43 Å². The first-order valence-electron chi connectivity index (χ1n) is 7.97. The van der Waals surface area contributed by atoms with Crippen molar-refractivity contribution in [1.82, 2.24) is 10.7 Å². The molecule has 0 unspecified atom stereocenters. The van der Waals surface area contributed by atoms with Crippen LogP contribution in [0.2, 0.25) is 0 Å². The monoisotopic (exact) mass is 355 g/mol. The first-order valence-corrected chi connectivity index (χ1v) is 7.97. The fourth-order valence-corrected chi connectivity index (χ4v) is 2.17. The lowest BCUT2D eigenvalue weighted by Crippen LogP contribution is -2.35. The van der Waals surface area contributed by atoms with Crippen molar-refractivity contribution in [3.63, 3.8) is 0 Å². The quantitative estimate of drug-likeness (QED) is 0.555. The Hall–Kier alpha value is -3.35. The summed E-state index contributed by atoms with van der Waals surface area (Å²) < 4.78 is 10.3. The molecule has 26 heavy (non-hydrogen) atoms. The number of amides is 2. The molecule has 136 valence electrons. The summed E-state index contributed by atoms with van der Waals surface area (Å²) in [6, 6.07) is 14.6. The lowest BCUT2D eigenvalue weighted by Gasteiger charge is -2.07. The van der Waals surface area contributed by atoms with E-state index in [9.17, 15) is 9.59 Å². The summed E-state index contributed by atoms with van der Waals surface area (Å²) in [6.45, 7) is -0.144. The summed E-state index contributed by atoms with van der Waals surface area (Å²) in [6.07, 6.45) is 1.70. The number of methoxy groups -OCH3 is 2. The zero-order valence-corrected chi connectivity index (χ0v) is 14.7. The van der Waals surface area contributed by atoms with Crippen molar-refractivity contribution in [2.24, 2.45) is 5.10 Å². The highest BCUT2D eigenvalue weighted by molar-refractivity contribution is 5.87. The minimum absolute atomic E-state index is 0.144. The fraction of sp³-hybridized carbons (Fsp3) is 0.211. The second kappa shape index (κ2) is 9.83. The van der Waals surface area contributed by atoms with Crippen LogP contribution in [0.25, 0.3) is 0 Å². The Kier molecular flexibility index (Phi) is 7.17. The third kappa shape index (κ3) is 5.94. The fourth-order valence-electron chi connectivity index (χ4n) is 2.17. The van der Waals surface area contributed by atoms with Crippen molar-refractivity contribution < 1.29 is 19.1 Å². The molecule has 2 rings (SSSR count). The predicted molar refractivity (Wildman–Crippen MR) is 98.4 cm³/mol. The second-order valence-corrected chi connectivity index (χ2v) is 5.35. The van der Waals surface area contributed by atoms with E-state index >= 15 is 0 Å². The SMILES string of the molecule is COc1ccc(/C=N/NC(=O)CNC(=O)Cc2ccccc2)cc1OC. The van der Waals surface area contributed by atoms with Crippen molar-refractivity contribution >= 4 is 18.0 Å². The summed E-state index contributed by atoms with van der Waals surface area (Å²) in [5, 5.41) is 6.41. The van der Waals surface area contributed by atoms with Crippen LogP contribution >= 0.6 is 0 Å². The normalized spacial score (nSPS) is 10.4. The second-order valence-electron chi connectivity index (χ2n) is 5.35. The van der Waals surface area contributed by atoms with Crippen molar-refractivity contribution in [2.45, 2.75) is 6.42 Å². The van der Waals surface area contributed by atoms with E-state index in [-0.39, 0.29) is 18.9 Å². The maximum absolute atomic E-state index is 11.8. The van der Waals surface area contributed by atoms with Gasteiger partial charge in [-0.1, -0.05) is 30.3 Å². The number of hydrogen-bond acceptors (Lipinski definition) is 5. The van der Waals surface area contributed by atoms with Gasteiger partial charge in [-0.05, 0) is 29.3 Å². The molecule has 0 radical (unpaired) electrons. The summed E-state index contributed by atoms with van der Waals surface area (Å²) in [4.78, 5) is 23.5. The van der Waals surface area contributed by atoms with E-state index in [0.29, 0.717) is 11.5 Å². The molecule has 7 nitrogen and oxygen atoms in total. The van der Waals surface area contributed by atoms with E-state index in [4.69, 9.17) is 9.47 Å². The molecule has 0 bridgehead atoms. The number of nitrogens with one attached hydrogen (secondary N) is 2. The Morgan fingerprint density at radius 2 is 1.73 bits per heavy atom. The Morgan fingerprint density at radius 3 is 2.42 bits per heavy atom. The highest BCUT2D eigenvalue weighted by atomic mass is 16.5. The van der Waals surface area contributed by atoms with Crippen molar-refractivity contribution in [3.05, 3.63) is 59.7 Å². The first-order chi connectivity index (χ1) is 12.6. The summed E-state index contributed by atoms with van der Waals surface area (Å²) >= 11 is 0. The molecule has 2 aromatic rings. The van der Waals surface area contributed by atoms with E-state index in [1.54, 1.807) is 32.4 Å². The molecule has 0 fully saturated rings. The lowest BCUT2D eigenvalue weighted by molar-refractivity contribution is -0.125. The average Bonchev–Trinajstić information content (AvgIpc) is 2.67. The van der Waals surface area contributed by atoms with E-state index in [2.05, 4.69) is 15.8 Å². The van der Waals surface area contributed by atoms with E-state index < -0.39 is 5.91 Å². The van der Waals surface area contributed by atoms with Crippen LogP contribution in [-0.2, 0) is 16.0 Å². The topological polar surface area (TPSA) is 89.0 Å². The molecule has 2 N–H and O–H groups in total. The number of nitrogens with zero attached hydrogens (tertiary/aromatic N) is 1. The molecule has 0 saturated carbocycles. The molecule has 2 amide bonds. The van der Waals surface area contributed by atoms with E-state index in [0.717, 1.165) is 11.1 Å². The van der Waals surface area contributed by atoms with Crippen LogP contribution in [0.5, 0.6) is 11.5 Å². The predicted octanol–water partition coefficient (Wildman–Crippen LogP) is 1.51. The summed E-state index contributed by atoms with van der Waals surface area (Å²) in [5.41, 5.74) is 3.98. The van der Waals surface area contributed by atoms with Gasteiger partial charge in [0.2, 0.25) is 5.91 Å². The number of carbonyl (C=O) groups is 2. The maximum atomic E-state index is 11.8. The Bertz CT molecular complexity index is 776. The molecule has 0 atom stereocenters. The minimum atomic E-state index is -0.414. The molecule has 0 saturated heterocycles. The summed E-state index contributed by atoms with van der Waals surface area (Å²) in [7, 11) is 3.09. The van der Waals surface area contributed by atoms with Crippen LogP contribution in [0.1, 0.15) is 11.1 Å². The molecule has 7 heteroatoms. The van der Waals surface area contributed by atoms with E-state index in [1.165, 1.54) is 6.21 Å². The van der Waals surface area contributed by atoms with Gasteiger partial charge in [0.1, 0.15) is 0 Å². The Labute approximate surface area is 152 Å². The van der Waals surface area contributed by atoms with Crippen LogP contribution in [0.3, 0.4) is 0 Å². The number of hydrogen-bond donors (Lipinski definition) is 2. The lowest BCUT2D eigenvalue weighted by atomic mass is 10.1. The molecule has 0 spiro atoms. The molecule has 0 aromatic heterocycles. The third-order valence-electron chi connectivity index (χ3n) is 3.46. The number of carbonyl (C=O) groups excluding carboxylic acids is 2. The summed E-state index contributed by atoms with van der Waals surface area (Å²) in [5.74, 6) is 0.532. The van der Waals surface area contributed by atoms with Crippen molar-refractivity contribution in [3.8, 4) is 11.5 Å². The van der Waals surface area contributed by atoms with E-state index in [1.807, 2.05) is 30.3 Å². The average molecular weight is 355 g/mol. The third-order valence-corrected chi connectivity index (χ3v) is 3.46. The smallest absolute Gasteiger partial charge is 0.259 e. The highest BCUT2D eigenvalue weighted by Crippen LogP contribution is 2.26. The van der Waals surface area contributed by atoms with Gasteiger partial charge >= 0.3 is 0 Å². The molecule has 0 aliphatic heterocycles. The van der Waals surface area contributed by atoms with Gasteiger partial charge in [0.25, 0.3) is 5.91 Å². The number of ether oxygens (including phenoxy) is 2. The molecule has 0 heterocycles. The standard InChI is InChI=1S/C19H21N3O4/c1-25-16-9-8-15(10-17(16)26-2)12-21-22-19(24)13-20-18(23)11-14-6-4-3-5-7-14/h3-10,12H,11,13H2,1-2H3,(H,20,23)(H,22,24)/b21-12+. The van der Waals surface area contributed by atoms with Gasteiger partial charge in [0, 0.05) is 0 Å². The van der Waals surface area contributed by atoms with Crippen LogP contribution in [0.4, 0.5) is 0 Å². The van der Waals surface area contributed by atoms with Crippen LogP contribution < -0.4 is 20.2 Å². The van der Waals surface area contributed by atoms with Crippen LogP contribution in [0.15, 0.2) is 53.6 Å². The van der Waals surface area contributed by atoms with Crippen LogP contribution in [0, 0.1) is 0 Å². The zero-order chi connectivity index (χ0) is 18.8. The minimum Gasteiger partial charge on any atom is -0.493 e. The molecule has 0 aliphatic rings. The molecule has 0 aliphatic carbocycles. The van der Waals surface area contributed by atoms with Gasteiger partial charge in [-0.3, -0.25) is 9.59 Å². The van der Waals surface area contributed by atoms with Crippen LogP contribution in [-0.4, -0.2) is 38.8 Å². The highest BCUT2D eigenvalue weighted by Gasteiger charge is 2.06. The first kappa shape index (κ1) is 19.0. The number of benzene rings is 2. The molecular formula is C19H21N3O4. The Morgan fingerprint density at radius 1 is 1.00 bits per heavy atom. The van der Waals surface area contributed by atoms with Gasteiger partial charge in [0.05, 0.1) is 33.4 Å². The van der Waals surface area contributed by atoms with Gasteiger partial charge in [-0.15, -0.1) is 0 Å². The van der Waals surface area contributed by atoms with Crippen molar-refractivity contribution in [2.75, 3.05) is 20.8 Å². The maximum Gasteiger partial charge on any atom is 0.259 e. The number of rotatable bonds is 8. The van der Waals surface area contributed by atoms with Gasteiger partial charge in [-0.2, -0.15) is 5.10 Å². The zero-order valence-electron chi connectivity index (χ0n) is 14.7. The van der Waals surface area contributed by atoms with Gasteiger partial charge < -0.3 is 14.8 Å². The molecular weight excluding hydrogens is 334 g/mol. The Balaban J connectivity index is 1.77. The number of hydrazone groups is 1. The van der Waals surface area contributed by atoms with Gasteiger partial charge in [0.15, 0.2) is 11.5 Å². The van der Waals surface area contributed by atoms with Crippen molar-refractivity contribution in [1.29, 1.82) is 0 Å². The molecule has 2 aromatic carbocycles.